The molecule has 0 aromatic heterocycles. The van der Waals surface area contributed by atoms with Crippen LogP contribution in [-0.2, 0) is 42.9 Å². The Hall–Kier alpha value is -3.67. The highest BCUT2D eigenvalue weighted by Gasteiger charge is 2.53. The highest BCUT2D eigenvalue weighted by Crippen LogP contribution is 2.34. The molecule has 0 bridgehead atoms. The second-order valence-electron chi connectivity index (χ2n) is 7.44. The van der Waals surface area contributed by atoms with E-state index in [0.717, 1.165) is 20.8 Å². The predicted octanol–water partition coefficient (Wildman–Crippen LogP) is 1.36. The Morgan fingerprint density at radius 3 is 2.00 bits per heavy atom. The molecule has 0 aliphatic carbocycles. The molecule has 1 aliphatic rings. The topological polar surface area (TPSA) is 150 Å². The van der Waals surface area contributed by atoms with Crippen LogP contribution in [0.4, 0.5) is 0 Å². The van der Waals surface area contributed by atoms with Crippen LogP contribution in [0.1, 0.15) is 45.0 Å². The van der Waals surface area contributed by atoms with Gasteiger partial charge in [-0.2, -0.15) is 0 Å². The van der Waals surface area contributed by atoms with Crippen molar-refractivity contribution in [1.29, 1.82) is 0 Å². The van der Waals surface area contributed by atoms with Crippen LogP contribution in [0.15, 0.2) is 18.2 Å². The van der Waals surface area contributed by atoms with Gasteiger partial charge in [0.15, 0.2) is 23.7 Å². The summed E-state index contributed by atoms with van der Waals surface area (Å²) in [7, 11) is 0. The van der Waals surface area contributed by atoms with Crippen molar-refractivity contribution >= 4 is 30.2 Å². The van der Waals surface area contributed by atoms with Crippen LogP contribution in [0.5, 0.6) is 11.5 Å². The van der Waals surface area contributed by atoms with Gasteiger partial charge in [-0.15, -0.1) is 0 Å². The first-order valence-electron chi connectivity index (χ1n) is 10.7. The van der Waals surface area contributed by atoms with Crippen molar-refractivity contribution in [3.63, 3.8) is 0 Å². The molecule has 1 aliphatic heterocycles. The fraction of sp³-hybridized carbons (Fsp3) is 0.522. The first kappa shape index (κ1) is 27.6. The molecular formula is C23H28O12. The van der Waals surface area contributed by atoms with Gasteiger partial charge < -0.3 is 33.2 Å². The van der Waals surface area contributed by atoms with E-state index in [2.05, 4.69) is 0 Å². The van der Waals surface area contributed by atoms with Crippen LogP contribution in [-0.4, -0.2) is 74.1 Å². The number of esters is 4. The molecule has 12 nitrogen and oxygen atoms in total. The van der Waals surface area contributed by atoms with E-state index in [1.165, 1.54) is 25.1 Å². The summed E-state index contributed by atoms with van der Waals surface area (Å²) in [5.74, 6) is -2.58. The van der Waals surface area contributed by atoms with Crippen molar-refractivity contribution in [2.24, 2.45) is 0 Å². The first-order chi connectivity index (χ1) is 16.5. The van der Waals surface area contributed by atoms with E-state index in [-0.39, 0.29) is 24.7 Å². The molecule has 0 unspecified atom stereocenters. The van der Waals surface area contributed by atoms with Gasteiger partial charge in [0.25, 0.3) is 0 Å². The molecule has 1 aromatic carbocycles. The molecule has 2 rings (SSSR count). The minimum atomic E-state index is -1.42. The van der Waals surface area contributed by atoms with Gasteiger partial charge in [0.1, 0.15) is 19.0 Å². The maximum absolute atomic E-state index is 11.9. The van der Waals surface area contributed by atoms with E-state index in [1.54, 1.807) is 6.92 Å². The quantitative estimate of drug-likeness (QED) is 0.261. The summed E-state index contributed by atoms with van der Waals surface area (Å²) in [6.07, 6.45) is -6.02. The van der Waals surface area contributed by atoms with Crippen LogP contribution < -0.4 is 9.47 Å². The molecule has 1 saturated heterocycles. The van der Waals surface area contributed by atoms with Crippen molar-refractivity contribution in [1.82, 2.24) is 0 Å². The highest BCUT2D eigenvalue weighted by molar-refractivity contribution is 5.76. The third kappa shape index (κ3) is 7.95. The maximum atomic E-state index is 11.9. The number of carbonyl (C=O) groups is 5. The lowest BCUT2D eigenvalue weighted by Gasteiger charge is -2.44. The van der Waals surface area contributed by atoms with Crippen molar-refractivity contribution < 1.29 is 57.1 Å². The van der Waals surface area contributed by atoms with Gasteiger partial charge in [-0.1, -0.05) is 0 Å². The number of ether oxygens (including phenoxy) is 7. The van der Waals surface area contributed by atoms with Crippen LogP contribution in [0, 0.1) is 0 Å². The fourth-order valence-electron chi connectivity index (χ4n) is 3.37. The number of carbonyl (C=O) groups excluding carboxylic acids is 5. The van der Waals surface area contributed by atoms with E-state index in [4.69, 9.17) is 33.2 Å². The fourth-order valence-corrected chi connectivity index (χ4v) is 3.37. The molecule has 0 radical (unpaired) electrons. The maximum Gasteiger partial charge on any atom is 0.303 e. The van der Waals surface area contributed by atoms with E-state index in [1.807, 2.05) is 0 Å². The zero-order valence-corrected chi connectivity index (χ0v) is 20.0. The molecule has 0 saturated carbocycles. The van der Waals surface area contributed by atoms with Crippen LogP contribution in [0.2, 0.25) is 0 Å². The van der Waals surface area contributed by atoms with Crippen molar-refractivity contribution in [2.75, 3.05) is 13.2 Å². The molecule has 0 spiro atoms. The molecule has 192 valence electrons. The zero-order chi connectivity index (χ0) is 26.1. The Kier molecular flexibility index (Phi) is 10.0. The number of hydrogen-bond donors (Lipinski definition) is 0. The van der Waals surface area contributed by atoms with Gasteiger partial charge >= 0.3 is 23.9 Å². The van der Waals surface area contributed by atoms with Gasteiger partial charge in [0.05, 0.1) is 6.61 Å². The number of rotatable bonds is 10. The Labute approximate surface area is 201 Å². The third-order valence-corrected chi connectivity index (χ3v) is 4.60. The summed E-state index contributed by atoms with van der Waals surface area (Å²) in [4.78, 5) is 58.2. The lowest BCUT2D eigenvalue weighted by atomic mass is 9.98. The molecule has 1 aromatic rings. The van der Waals surface area contributed by atoms with Gasteiger partial charge in [-0.05, 0) is 25.1 Å². The lowest BCUT2D eigenvalue weighted by molar-refractivity contribution is -0.288. The van der Waals surface area contributed by atoms with Gasteiger partial charge in [-0.25, -0.2) is 0 Å². The van der Waals surface area contributed by atoms with Gasteiger partial charge in [-0.3, -0.25) is 24.0 Å². The predicted molar refractivity (Wildman–Crippen MR) is 116 cm³/mol. The minimum Gasteiger partial charge on any atom is -0.490 e. The van der Waals surface area contributed by atoms with Crippen LogP contribution >= 0.6 is 0 Å². The Bertz CT molecular complexity index is 942. The van der Waals surface area contributed by atoms with Crippen molar-refractivity contribution in [3.05, 3.63) is 23.8 Å². The van der Waals surface area contributed by atoms with Crippen LogP contribution in [0.3, 0.4) is 0 Å². The Morgan fingerprint density at radius 1 is 0.857 bits per heavy atom. The third-order valence-electron chi connectivity index (χ3n) is 4.60. The average Bonchev–Trinajstić information content (AvgIpc) is 2.76. The second kappa shape index (κ2) is 12.7. The monoisotopic (exact) mass is 496 g/mol. The highest BCUT2D eigenvalue weighted by atomic mass is 16.7. The van der Waals surface area contributed by atoms with E-state index < -0.39 is 54.6 Å². The zero-order valence-electron chi connectivity index (χ0n) is 20.0. The molecule has 12 heteroatoms. The molecule has 5 atom stereocenters. The summed E-state index contributed by atoms with van der Waals surface area (Å²) in [6, 6.07) is 4.36. The number of benzene rings is 1. The van der Waals surface area contributed by atoms with E-state index >= 15 is 0 Å². The van der Waals surface area contributed by atoms with Gasteiger partial charge in [0.2, 0.25) is 12.4 Å². The summed E-state index contributed by atoms with van der Waals surface area (Å²) in [6.45, 7) is 6.13. The molecular weight excluding hydrogens is 468 g/mol. The van der Waals surface area contributed by atoms with E-state index in [9.17, 15) is 24.0 Å². The average molecular weight is 496 g/mol. The normalized spacial score (nSPS) is 23.4. The molecule has 1 heterocycles. The molecule has 0 N–H and O–H groups in total. The van der Waals surface area contributed by atoms with Crippen LogP contribution in [0.25, 0.3) is 0 Å². The summed E-state index contributed by atoms with van der Waals surface area (Å²) in [5.41, 5.74) is 0.322. The molecule has 35 heavy (non-hydrogen) atoms. The first-order valence-corrected chi connectivity index (χ1v) is 10.7. The van der Waals surface area contributed by atoms with Crippen molar-refractivity contribution in [3.8, 4) is 11.5 Å². The Morgan fingerprint density at radius 2 is 1.46 bits per heavy atom. The lowest BCUT2D eigenvalue weighted by Crippen LogP contribution is -2.63. The van der Waals surface area contributed by atoms with Gasteiger partial charge in [0, 0.05) is 33.3 Å². The summed E-state index contributed by atoms with van der Waals surface area (Å²) >= 11 is 0. The smallest absolute Gasteiger partial charge is 0.303 e. The molecule has 1 fully saturated rings. The van der Waals surface area contributed by atoms with E-state index in [0.29, 0.717) is 11.8 Å². The minimum absolute atomic E-state index is 0.123. The standard InChI is InChI=1S/C23H28O12/c1-6-29-18-9-16(10-24)7-8-17(18)34-23-22(33-15(5)28)21(32-14(4)27)20(31-13(3)26)19(35-23)11-30-12(2)25/h7-10,19-23H,6,11H2,1-5H3/t19-,20-,21+,22+,23-/m1/s1. The Balaban J connectivity index is 2.52. The number of hydrogen-bond acceptors (Lipinski definition) is 12. The SMILES string of the molecule is CCOc1cc(C=O)ccc1O[C@@H]1O[C@H](COC(C)=O)[C@@H](OC(C)=O)[C@H](OC(C)=O)[C@@H]1OC(C)=O. The largest absolute Gasteiger partial charge is 0.490 e. The number of aldehydes is 1. The molecule has 0 amide bonds. The summed E-state index contributed by atoms with van der Waals surface area (Å²) < 4.78 is 38.4. The van der Waals surface area contributed by atoms with Crippen molar-refractivity contribution in [2.45, 2.75) is 65.3 Å². The second-order valence-corrected chi connectivity index (χ2v) is 7.44. The summed E-state index contributed by atoms with van der Waals surface area (Å²) in [5, 5.41) is 0.